The van der Waals surface area contributed by atoms with E-state index in [4.69, 9.17) is 0 Å². The van der Waals surface area contributed by atoms with Crippen LogP contribution in [-0.2, 0) is 6.42 Å². The molecule has 0 aliphatic heterocycles. The van der Waals surface area contributed by atoms with Crippen LogP contribution in [0.2, 0.25) is 0 Å². The van der Waals surface area contributed by atoms with Gasteiger partial charge < -0.3 is 5.32 Å². The van der Waals surface area contributed by atoms with Crippen molar-refractivity contribution < 1.29 is 4.39 Å². The third kappa shape index (κ3) is 3.51. The van der Waals surface area contributed by atoms with Gasteiger partial charge in [0.1, 0.15) is 18.0 Å². The number of nitrogens with one attached hydrogen (secondary N) is 1. The zero-order chi connectivity index (χ0) is 18.8. The first-order valence-electron chi connectivity index (χ1n) is 8.92. The summed E-state index contributed by atoms with van der Waals surface area (Å²) in [6.45, 7) is 4.03. The van der Waals surface area contributed by atoms with Crippen LogP contribution in [0.5, 0.6) is 0 Å². The molecule has 4 aromatic rings. The largest absolute Gasteiger partial charge is 0.359 e. The van der Waals surface area contributed by atoms with Crippen molar-refractivity contribution in [3.8, 4) is 0 Å². The molecule has 0 saturated heterocycles. The third-order valence-corrected chi connectivity index (χ3v) is 4.58. The highest BCUT2D eigenvalue weighted by molar-refractivity contribution is 5.49. The highest BCUT2D eigenvalue weighted by Gasteiger charge is 2.17. The maximum atomic E-state index is 13.9. The molecular formula is C21H20FN5. The molecule has 0 aliphatic rings. The second-order valence-electron chi connectivity index (χ2n) is 6.48. The first-order valence-corrected chi connectivity index (χ1v) is 8.92. The number of hydrogen-bond donors (Lipinski definition) is 1. The first kappa shape index (κ1) is 17.1. The van der Waals surface area contributed by atoms with E-state index in [1.165, 1.54) is 18.0 Å². The average Bonchev–Trinajstić information content (AvgIpc) is 3.14. The topological polar surface area (TPSA) is 55.1 Å². The summed E-state index contributed by atoms with van der Waals surface area (Å²) in [4.78, 5) is 8.55. The van der Waals surface area contributed by atoms with Crippen molar-refractivity contribution in [2.75, 3.05) is 5.32 Å². The van der Waals surface area contributed by atoms with E-state index in [9.17, 15) is 4.39 Å². The molecule has 6 heteroatoms. The molecule has 136 valence electrons. The summed E-state index contributed by atoms with van der Waals surface area (Å²) in [5.74, 6) is 1.02. The molecule has 0 spiro atoms. The van der Waals surface area contributed by atoms with Crippen LogP contribution >= 0.6 is 0 Å². The SMILES string of the molecule is CCc1ccc(C(Nc2cc(C)nc3ncnn23)c2cccc(F)c2)cc1. The van der Waals surface area contributed by atoms with Gasteiger partial charge in [-0.3, -0.25) is 0 Å². The zero-order valence-electron chi connectivity index (χ0n) is 15.2. The monoisotopic (exact) mass is 361 g/mol. The lowest BCUT2D eigenvalue weighted by Gasteiger charge is -2.22. The Balaban J connectivity index is 1.80. The average molecular weight is 361 g/mol. The van der Waals surface area contributed by atoms with Crippen LogP contribution < -0.4 is 5.32 Å². The van der Waals surface area contributed by atoms with E-state index in [1.54, 1.807) is 16.6 Å². The fourth-order valence-corrected chi connectivity index (χ4v) is 3.17. The molecule has 0 saturated carbocycles. The van der Waals surface area contributed by atoms with Crippen molar-refractivity contribution in [3.05, 3.63) is 89.1 Å². The summed E-state index contributed by atoms with van der Waals surface area (Å²) in [5.41, 5.74) is 3.97. The van der Waals surface area contributed by atoms with E-state index in [-0.39, 0.29) is 11.9 Å². The van der Waals surface area contributed by atoms with Gasteiger partial charge in [0.2, 0.25) is 0 Å². The van der Waals surface area contributed by atoms with Gasteiger partial charge >= 0.3 is 0 Å². The first-order chi connectivity index (χ1) is 13.1. The third-order valence-electron chi connectivity index (χ3n) is 4.58. The van der Waals surface area contributed by atoms with E-state index in [0.717, 1.165) is 29.1 Å². The van der Waals surface area contributed by atoms with Gasteiger partial charge in [-0.1, -0.05) is 43.3 Å². The molecule has 0 amide bonds. The van der Waals surface area contributed by atoms with Gasteiger partial charge in [-0.25, -0.2) is 9.37 Å². The molecule has 27 heavy (non-hydrogen) atoms. The predicted molar refractivity (Wildman–Crippen MR) is 103 cm³/mol. The van der Waals surface area contributed by atoms with Crippen LogP contribution in [0.3, 0.4) is 0 Å². The number of hydrogen-bond acceptors (Lipinski definition) is 4. The molecular weight excluding hydrogens is 341 g/mol. The molecule has 0 fully saturated rings. The Hall–Kier alpha value is -3.28. The molecule has 1 unspecified atom stereocenters. The van der Waals surface area contributed by atoms with E-state index in [2.05, 4.69) is 51.6 Å². The van der Waals surface area contributed by atoms with Crippen molar-refractivity contribution in [2.24, 2.45) is 0 Å². The standard InChI is InChI=1S/C21H20FN5/c1-3-15-7-9-16(10-8-15)20(17-5-4-6-18(22)12-17)26-19-11-14(2)25-21-23-13-24-27(19)21/h4-13,20,26H,3H2,1-2H3. The minimum Gasteiger partial charge on any atom is -0.359 e. The van der Waals surface area contributed by atoms with Crippen LogP contribution in [0.15, 0.2) is 60.9 Å². The predicted octanol–water partition coefficient (Wildman–Crippen LogP) is 4.34. The second-order valence-corrected chi connectivity index (χ2v) is 6.48. The van der Waals surface area contributed by atoms with Gasteiger partial charge in [0.15, 0.2) is 0 Å². The smallest absolute Gasteiger partial charge is 0.254 e. The highest BCUT2D eigenvalue weighted by Crippen LogP contribution is 2.28. The number of benzene rings is 2. The molecule has 0 radical (unpaired) electrons. The van der Waals surface area contributed by atoms with Gasteiger partial charge in [-0.15, -0.1) is 0 Å². The number of aryl methyl sites for hydroxylation is 2. The van der Waals surface area contributed by atoms with Crippen molar-refractivity contribution in [1.29, 1.82) is 0 Å². The Bertz CT molecular complexity index is 1070. The van der Waals surface area contributed by atoms with Gasteiger partial charge in [-0.2, -0.15) is 14.6 Å². The van der Waals surface area contributed by atoms with Crippen molar-refractivity contribution in [1.82, 2.24) is 19.6 Å². The van der Waals surface area contributed by atoms with Gasteiger partial charge in [0.25, 0.3) is 5.78 Å². The lowest BCUT2D eigenvalue weighted by atomic mass is 9.97. The minimum atomic E-state index is -0.263. The summed E-state index contributed by atoms with van der Waals surface area (Å²) >= 11 is 0. The van der Waals surface area contributed by atoms with Crippen LogP contribution in [0, 0.1) is 12.7 Å². The molecule has 1 N–H and O–H groups in total. The number of aromatic nitrogens is 4. The van der Waals surface area contributed by atoms with Gasteiger partial charge in [0.05, 0.1) is 6.04 Å². The molecule has 1 atom stereocenters. The van der Waals surface area contributed by atoms with E-state index >= 15 is 0 Å². The quantitative estimate of drug-likeness (QED) is 0.575. The summed E-state index contributed by atoms with van der Waals surface area (Å²) < 4.78 is 15.6. The normalized spacial score (nSPS) is 12.3. The summed E-state index contributed by atoms with van der Waals surface area (Å²) in [6, 6.07) is 16.7. The summed E-state index contributed by atoms with van der Waals surface area (Å²) in [7, 11) is 0. The number of fused-ring (bicyclic) bond motifs is 1. The molecule has 0 aliphatic carbocycles. The fraction of sp³-hybridized carbons (Fsp3) is 0.190. The molecule has 2 heterocycles. The van der Waals surface area contributed by atoms with Crippen molar-refractivity contribution >= 4 is 11.6 Å². The Kier molecular flexibility index (Phi) is 4.54. The van der Waals surface area contributed by atoms with E-state index < -0.39 is 0 Å². The number of anilines is 1. The minimum absolute atomic E-state index is 0.235. The number of halogens is 1. The Morgan fingerprint density at radius 1 is 1.07 bits per heavy atom. The Labute approximate surface area is 156 Å². The van der Waals surface area contributed by atoms with Crippen LogP contribution in [0.4, 0.5) is 10.2 Å². The lowest BCUT2D eigenvalue weighted by Crippen LogP contribution is -2.16. The van der Waals surface area contributed by atoms with Crippen LogP contribution in [-0.4, -0.2) is 19.6 Å². The second kappa shape index (κ2) is 7.15. The Morgan fingerprint density at radius 2 is 1.89 bits per heavy atom. The fourth-order valence-electron chi connectivity index (χ4n) is 3.17. The number of rotatable bonds is 5. The molecule has 4 rings (SSSR count). The van der Waals surface area contributed by atoms with Crippen LogP contribution in [0.1, 0.15) is 35.3 Å². The van der Waals surface area contributed by atoms with E-state index in [1.807, 2.05) is 19.1 Å². The summed E-state index contributed by atoms with van der Waals surface area (Å²) in [6.07, 6.45) is 2.45. The maximum absolute atomic E-state index is 13.9. The van der Waals surface area contributed by atoms with Crippen molar-refractivity contribution in [2.45, 2.75) is 26.3 Å². The summed E-state index contributed by atoms with van der Waals surface area (Å²) in [5, 5.41) is 7.75. The van der Waals surface area contributed by atoms with Crippen LogP contribution in [0.25, 0.3) is 5.78 Å². The number of nitrogens with zero attached hydrogens (tertiary/aromatic N) is 4. The lowest BCUT2D eigenvalue weighted by molar-refractivity contribution is 0.624. The van der Waals surface area contributed by atoms with Gasteiger partial charge in [-0.05, 0) is 42.2 Å². The maximum Gasteiger partial charge on any atom is 0.254 e. The molecule has 0 bridgehead atoms. The highest BCUT2D eigenvalue weighted by atomic mass is 19.1. The Morgan fingerprint density at radius 3 is 2.63 bits per heavy atom. The van der Waals surface area contributed by atoms with Gasteiger partial charge in [0, 0.05) is 11.8 Å². The van der Waals surface area contributed by atoms with Crippen molar-refractivity contribution in [3.63, 3.8) is 0 Å². The molecule has 2 aromatic carbocycles. The van der Waals surface area contributed by atoms with E-state index in [0.29, 0.717) is 5.78 Å². The zero-order valence-corrected chi connectivity index (χ0v) is 15.2. The molecule has 5 nitrogen and oxygen atoms in total. The molecule has 2 aromatic heterocycles.